The van der Waals surface area contributed by atoms with Gasteiger partial charge < -0.3 is 4.57 Å². The molecule has 0 fully saturated rings. The SMILES string of the molecule is CCCn1cnc2c1c(=O)n(CCC=C(C)C)c(=O)n2C. The zero-order valence-electron chi connectivity index (χ0n) is 13.1. The highest BCUT2D eigenvalue weighted by Gasteiger charge is 2.15. The molecule has 0 atom stereocenters. The Bertz CT molecular complexity index is 788. The molecule has 6 heteroatoms. The van der Waals surface area contributed by atoms with Gasteiger partial charge in [-0.1, -0.05) is 18.6 Å². The van der Waals surface area contributed by atoms with Crippen LogP contribution in [0, 0.1) is 0 Å². The van der Waals surface area contributed by atoms with Gasteiger partial charge in [0.05, 0.1) is 6.33 Å². The van der Waals surface area contributed by atoms with Gasteiger partial charge in [0.2, 0.25) is 0 Å². The quantitative estimate of drug-likeness (QED) is 0.787. The van der Waals surface area contributed by atoms with Crippen LogP contribution in [0.15, 0.2) is 27.6 Å². The molecule has 2 heterocycles. The third-order valence-corrected chi connectivity index (χ3v) is 3.47. The van der Waals surface area contributed by atoms with Crippen LogP contribution in [0.5, 0.6) is 0 Å². The van der Waals surface area contributed by atoms with Crippen molar-refractivity contribution in [1.29, 1.82) is 0 Å². The maximum atomic E-state index is 12.6. The van der Waals surface area contributed by atoms with Crippen LogP contribution in [0.3, 0.4) is 0 Å². The lowest BCUT2D eigenvalue weighted by Gasteiger charge is -2.08. The van der Waals surface area contributed by atoms with Crippen molar-refractivity contribution < 1.29 is 0 Å². The summed E-state index contributed by atoms with van der Waals surface area (Å²) in [5.41, 5.74) is 1.59. The van der Waals surface area contributed by atoms with Crippen molar-refractivity contribution in [2.24, 2.45) is 7.05 Å². The minimum absolute atomic E-state index is 0.249. The fourth-order valence-electron chi connectivity index (χ4n) is 2.41. The molecule has 2 rings (SSSR count). The Balaban J connectivity index is 2.60. The van der Waals surface area contributed by atoms with Crippen molar-refractivity contribution in [2.45, 2.75) is 46.7 Å². The summed E-state index contributed by atoms with van der Waals surface area (Å²) in [6.45, 7) is 7.16. The van der Waals surface area contributed by atoms with Gasteiger partial charge >= 0.3 is 5.69 Å². The molecule has 0 aliphatic carbocycles. The number of allylic oxidation sites excluding steroid dienone is 2. The lowest BCUT2D eigenvalue weighted by Crippen LogP contribution is -2.39. The molecule has 0 saturated carbocycles. The third kappa shape index (κ3) is 2.84. The number of imidazole rings is 1. The van der Waals surface area contributed by atoms with E-state index in [4.69, 9.17) is 0 Å². The van der Waals surface area contributed by atoms with Gasteiger partial charge in [-0.2, -0.15) is 0 Å². The smallest absolute Gasteiger partial charge is 0.325 e. The first-order valence-electron chi connectivity index (χ1n) is 7.25. The molecule has 0 aliphatic heterocycles. The molecular weight excluding hydrogens is 268 g/mol. The number of hydrogen-bond acceptors (Lipinski definition) is 3. The van der Waals surface area contributed by atoms with Crippen LogP contribution in [0.2, 0.25) is 0 Å². The van der Waals surface area contributed by atoms with Crippen molar-refractivity contribution in [3.05, 3.63) is 38.8 Å². The first-order valence-corrected chi connectivity index (χ1v) is 7.25. The van der Waals surface area contributed by atoms with Crippen molar-refractivity contribution in [3.8, 4) is 0 Å². The highest BCUT2D eigenvalue weighted by atomic mass is 16.2. The van der Waals surface area contributed by atoms with Crippen molar-refractivity contribution in [2.75, 3.05) is 0 Å². The van der Waals surface area contributed by atoms with Gasteiger partial charge in [-0.3, -0.25) is 13.9 Å². The second kappa shape index (κ2) is 6.11. The summed E-state index contributed by atoms with van der Waals surface area (Å²) in [5.74, 6) is 0. The average Bonchev–Trinajstić information content (AvgIpc) is 2.84. The zero-order chi connectivity index (χ0) is 15.6. The minimum Gasteiger partial charge on any atom is -0.325 e. The number of hydrogen-bond donors (Lipinski definition) is 0. The van der Waals surface area contributed by atoms with Crippen molar-refractivity contribution in [3.63, 3.8) is 0 Å². The lowest BCUT2D eigenvalue weighted by atomic mass is 10.2. The maximum Gasteiger partial charge on any atom is 0.332 e. The van der Waals surface area contributed by atoms with Gasteiger partial charge in [0, 0.05) is 20.1 Å². The highest BCUT2D eigenvalue weighted by Crippen LogP contribution is 2.06. The fourth-order valence-corrected chi connectivity index (χ4v) is 2.41. The molecule has 0 bridgehead atoms. The van der Waals surface area contributed by atoms with E-state index in [1.165, 1.54) is 14.7 Å². The molecule has 0 spiro atoms. The summed E-state index contributed by atoms with van der Waals surface area (Å²) in [7, 11) is 1.66. The molecular formula is C15H22N4O2. The third-order valence-electron chi connectivity index (χ3n) is 3.47. The first-order chi connectivity index (χ1) is 9.97. The van der Waals surface area contributed by atoms with Crippen LogP contribution in [0.4, 0.5) is 0 Å². The van der Waals surface area contributed by atoms with E-state index in [1.54, 1.807) is 13.4 Å². The molecule has 114 valence electrons. The van der Waals surface area contributed by atoms with Crippen molar-refractivity contribution >= 4 is 11.2 Å². The van der Waals surface area contributed by atoms with Gasteiger partial charge in [-0.05, 0) is 26.7 Å². The Morgan fingerprint density at radius 3 is 2.62 bits per heavy atom. The van der Waals surface area contributed by atoms with Crippen LogP contribution in [-0.2, 0) is 20.1 Å². The molecule has 0 aliphatic rings. The Morgan fingerprint density at radius 2 is 2.00 bits per heavy atom. The monoisotopic (exact) mass is 290 g/mol. The molecule has 2 aromatic rings. The van der Waals surface area contributed by atoms with Crippen molar-refractivity contribution in [1.82, 2.24) is 18.7 Å². The summed E-state index contributed by atoms with van der Waals surface area (Å²) in [6, 6.07) is 0. The van der Waals surface area contributed by atoms with Gasteiger partial charge in [0.1, 0.15) is 0 Å². The zero-order valence-corrected chi connectivity index (χ0v) is 13.1. The predicted molar refractivity (Wildman–Crippen MR) is 83.6 cm³/mol. The standard InChI is InChI=1S/C15H22N4O2/c1-5-8-18-10-16-13-12(18)14(20)19(15(21)17(13)4)9-6-7-11(2)3/h7,10H,5-6,8-9H2,1-4H3. The van der Waals surface area contributed by atoms with Crippen LogP contribution < -0.4 is 11.2 Å². The van der Waals surface area contributed by atoms with E-state index in [0.717, 1.165) is 13.0 Å². The van der Waals surface area contributed by atoms with Gasteiger partial charge in [-0.25, -0.2) is 9.78 Å². The second-order valence-electron chi connectivity index (χ2n) is 5.48. The van der Waals surface area contributed by atoms with Gasteiger partial charge in [0.15, 0.2) is 11.2 Å². The van der Waals surface area contributed by atoms with E-state index >= 15 is 0 Å². The summed E-state index contributed by atoms with van der Waals surface area (Å²) in [6.07, 6.45) is 5.24. The minimum atomic E-state index is -0.309. The molecule has 21 heavy (non-hydrogen) atoms. The second-order valence-corrected chi connectivity index (χ2v) is 5.48. The summed E-state index contributed by atoms with van der Waals surface area (Å²) in [4.78, 5) is 29.1. The molecule has 2 aromatic heterocycles. The number of aryl methyl sites for hydroxylation is 2. The van der Waals surface area contributed by atoms with Gasteiger partial charge in [0.25, 0.3) is 5.56 Å². The van der Waals surface area contributed by atoms with Crippen LogP contribution in [0.1, 0.15) is 33.6 Å². The molecule has 0 radical (unpaired) electrons. The predicted octanol–water partition coefficient (Wildman–Crippen LogP) is 1.66. The van der Waals surface area contributed by atoms with E-state index in [9.17, 15) is 9.59 Å². The average molecular weight is 290 g/mol. The first kappa shape index (κ1) is 15.3. The van der Waals surface area contributed by atoms with Crippen LogP contribution in [0.25, 0.3) is 11.2 Å². The molecule has 0 N–H and O–H groups in total. The van der Waals surface area contributed by atoms with E-state index in [2.05, 4.69) is 4.98 Å². The Hall–Kier alpha value is -2.11. The summed E-state index contributed by atoms with van der Waals surface area (Å²) in [5, 5.41) is 0. The Kier molecular flexibility index (Phi) is 4.45. The van der Waals surface area contributed by atoms with E-state index < -0.39 is 0 Å². The number of nitrogens with zero attached hydrogens (tertiary/aromatic N) is 4. The van der Waals surface area contributed by atoms with E-state index in [0.29, 0.717) is 24.1 Å². The van der Waals surface area contributed by atoms with Crippen LogP contribution in [-0.4, -0.2) is 18.7 Å². The highest BCUT2D eigenvalue weighted by molar-refractivity contribution is 5.69. The summed E-state index contributed by atoms with van der Waals surface area (Å²) < 4.78 is 4.58. The molecule has 0 aromatic carbocycles. The molecule has 0 unspecified atom stereocenters. The Morgan fingerprint density at radius 1 is 1.29 bits per heavy atom. The largest absolute Gasteiger partial charge is 0.332 e. The topological polar surface area (TPSA) is 61.8 Å². The van der Waals surface area contributed by atoms with E-state index in [-0.39, 0.29) is 11.2 Å². The number of fused-ring (bicyclic) bond motifs is 1. The molecule has 0 saturated heterocycles. The summed E-state index contributed by atoms with van der Waals surface area (Å²) >= 11 is 0. The maximum absolute atomic E-state index is 12.6. The van der Waals surface area contributed by atoms with E-state index in [1.807, 2.05) is 31.4 Å². The fraction of sp³-hybridized carbons (Fsp3) is 0.533. The number of aromatic nitrogens is 4. The number of rotatable bonds is 5. The Labute approximate surface area is 123 Å². The lowest BCUT2D eigenvalue weighted by molar-refractivity contribution is 0.603. The molecule has 6 nitrogen and oxygen atoms in total. The molecule has 0 amide bonds. The normalized spacial score (nSPS) is 11.0. The van der Waals surface area contributed by atoms with Crippen LogP contribution >= 0.6 is 0 Å². The van der Waals surface area contributed by atoms with Gasteiger partial charge in [-0.15, -0.1) is 0 Å².